The van der Waals surface area contributed by atoms with Crippen molar-refractivity contribution in [2.75, 3.05) is 13.2 Å². The normalized spacial score (nSPS) is 10.4. The lowest BCUT2D eigenvalue weighted by Gasteiger charge is -2.08. The Kier molecular flexibility index (Phi) is 12.9. The third kappa shape index (κ3) is 10.3. The second-order valence-electron chi connectivity index (χ2n) is 11.1. The van der Waals surface area contributed by atoms with Gasteiger partial charge in [-0.1, -0.05) is 76.1 Å². The molecule has 0 spiro atoms. The summed E-state index contributed by atoms with van der Waals surface area (Å²) in [5.41, 5.74) is 7.42. The summed E-state index contributed by atoms with van der Waals surface area (Å²) in [4.78, 5) is 9.45. The van der Waals surface area contributed by atoms with Gasteiger partial charge in [0.15, 0.2) is 0 Å². The maximum absolute atomic E-state index is 5.84. The molecule has 0 saturated carbocycles. The van der Waals surface area contributed by atoms with Gasteiger partial charge in [-0.15, -0.1) is 0 Å². The first-order valence-corrected chi connectivity index (χ1v) is 16.0. The molecular formula is C40H44N2O2. The first kappa shape index (κ1) is 32.4. The van der Waals surface area contributed by atoms with Crippen LogP contribution >= 0.6 is 0 Å². The zero-order valence-corrected chi connectivity index (χ0v) is 26.7. The smallest absolute Gasteiger partial charge is 0.119 e. The number of nitrogens with zero attached hydrogens (tertiary/aromatic N) is 2. The summed E-state index contributed by atoms with van der Waals surface area (Å²) in [5.74, 6) is 14.7. The standard InChI is InChI=1S/C40H44N2O2/c1-5-7-9-11-25-43-37-21-17-33(18-22-37)13-15-35-27-31(3)39(41-29-35)40-32(4)28-36(30-42-40)16-14-34-19-23-38(24-20-34)44-26-12-10-8-6-2/h17-24,27-30H,5-12,25-26H2,1-4H3. The summed E-state index contributed by atoms with van der Waals surface area (Å²) < 4.78 is 11.7. The molecule has 0 saturated heterocycles. The predicted octanol–water partition coefficient (Wildman–Crippen LogP) is 9.48. The second kappa shape index (κ2) is 17.5. The Balaban J connectivity index is 1.34. The number of rotatable bonds is 13. The summed E-state index contributed by atoms with van der Waals surface area (Å²) in [7, 11) is 0. The number of hydrogen-bond donors (Lipinski definition) is 0. The number of unbranched alkanes of at least 4 members (excludes halogenated alkanes) is 6. The van der Waals surface area contributed by atoms with Crippen molar-refractivity contribution in [1.82, 2.24) is 9.97 Å². The first-order valence-electron chi connectivity index (χ1n) is 16.0. The van der Waals surface area contributed by atoms with Gasteiger partial charge in [0.1, 0.15) is 11.5 Å². The van der Waals surface area contributed by atoms with E-state index in [-0.39, 0.29) is 0 Å². The molecule has 0 aliphatic heterocycles. The van der Waals surface area contributed by atoms with Gasteiger partial charge >= 0.3 is 0 Å². The Morgan fingerprint density at radius 2 is 0.886 bits per heavy atom. The Morgan fingerprint density at radius 1 is 0.500 bits per heavy atom. The van der Waals surface area contributed by atoms with Gasteiger partial charge in [-0.2, -0.15) is 0 Å². The van der Waals surface area contributed by atoms with Crippen molar-refractivity contribution in [2.45, 2.75) is 79.1 Å². The lowest BCUT2D eigenvalue weighted by atomic mass is 10.0. The number of hydrogen-bond acceptors (Lipinski definition) is 4. The molecule has 4 rings (SSSR count). The topological polar surface area (TPSA) is 44.2 Å². The van der Waals surface area contributed by atoms with Crippen molar-refractivity contribution < 1.29 is 9.47 Å². The zero-order chi connectivity index (χ0) is 31.0. The number of aromatic nitrogens is 2. The molecule has 226 valence electrons. The fourth-order valence-corrected chi connectivity index (χ4v) is 4.78. The minimum absolute atomic E-state index is 0.761. The molecule has 0 aliphatic carbocycles. The maximum atomic E-state index is 5.84. The van der Waals surface area contributed by atoms with Crippen LogP contribution in [0.2, 0.25) is 0 Å². The van der Waals surface area contributed by atoms with Crippen LogP contribution < -0.4 is 9.47 Å². The van der Waals surface area contributed by atoms with E-state index in [9.17, 15) is 0 Å². The molecule has 44 heavy (non-hydrogen) atoms. The number of aryl methyl sites for hydroxylation is 2. The van der Waals surface area contributed by atoms with Gasteiger partial charge in [-0.05, 0) is 98.5 Å². The van der Waals surface area contributed by atoms with E-state index in [4.69, 9.17) is 19.4 Å². The number of benzene rings is 2. The highest BCUT2D eigenvalue weighted by Gasteiger charge is 2.09. The number of pyridine rings is 2. The Hall–Kier alpha value is -4.54. The molecule has 0 N–H and O–H groups in total. The van der Waals surface area contributed by atoms with Crippen molar-refractivity contribution in [3.8, 4) is 46.6 Å². The molecule has 0 bridgehead atoms. The lowest BCUT2D eigenvalue weighted by Crippen LogP contribution is -1.97. The second-order valence-corrected chi connectivity index (χ2v) is 11.1. The minimum Gasteiger partial charge on any atom is -0.494 e. The fraction of sp³-hybridized carbons (Fsp3) is 0.350. The molecule has 0 radical (unpaired) electrons. The Morgan fingerprint density at radius 3 is 1.25 bits per heavy atom. The Bertz CT molecular complexity index is 1480. The lowest BCUT2D eigenvalue weighted by molar-refractivity contribution is 0.305. The zero-order valence-electron chi connectivity index (χ0n) is 26.7. The van der Waals surface area contributed by atoms with Crippen molar-refractivity contribution in [1.29, 1.82) is 0 Å². The van der Waals surface area contributed by atoms with E-state index in [0.29, 0.717) is 0 Å². The summed E-state index contributed by atoms with van der Waals surface area (Å²) in [6.07, 6.45) is 13.2. The van der Waals surface area contributed by atoms with Gasteiger partial charge in [-0.25, -0.2) is 0 Å². The first-order chi connectivity index (χ1) is 21.6. The molecular weight excluding hydrogens is 540 g/mol. The average Bonchev–Trinajstić information content (AvgIpc) is 3.04. The van der Waals surface area contributed by atoms with Crippen molar-refractivity contribution in [3.05, 3.63) is 106 Å². The molecule has 2 heterocycles. The van der Waals surface area contributed by atoms with Gasteiger partial charge in [0, 0.05) is 34.6 Å². The van der Waals surface area contributed by atoms with Crippen LogP contribution in [0.15, 0.2) is 73.1 Å². The van der Waals surface area contributed by atoms with Crippen LogP contribution in [0.3, 0.4) is 0 Å². The fourth-order valence-electron chi connectivity index (χ4n) is 4.78. The van der Waals surface area contributed by atoms with Crippen LogP contribution in [0, 0.1) is 37.5 Å². The minimum atomic E-state index is 0.761. The summed E-state index contributed by atoms with van der Waals surface area (Å²) in [5, 5.41) is 0. The van der Waals surface area contributed by atoms with Crippen molar-refractivity contribution in [3.63, 3.8) is 0 Å². The van der Waals surface area contributed by atoms with E-state index in [2.05, 4.69) is 49.7 Å². The molecule has 4 heteroatoms. The van der Waals surface area contributed by atoms with E-state index < -0.39 is 0 Å². The molecule has 0 atom stereocenters. The van der Waals surface area contributed by atoms with E-state index in [1.807, 2.05) is 74.8 Å². The molecule has 0 aliphatic rings. The van der Waals surface area contributed by atoms with Gasteiger partial charge in [0.05, 0.1) is 24.6 Å². The third-order valence-electron chi connectivity index (χ3n) is 7.33. The van der Waals surface area contributed by atoms with Gasteiger partial charge < -0.3 is 9.47 Å². The number of ether oxygens (including phenoxy) is 2. The van der Waals surface area contributed by atoms with Crippen LogP contribution in [0.4, 0.5) is 0 Å². The van der Waals surface area contributed by atoms with Crippen LogP contribution in [0.5, 0.6) is 11.5 Å². The van der Waals surface area contributed by atoms with E-state index >= 15 is 0 Å². The monoisotopic (exact) mass is 584 g/mol. The van der Waals surface area contributed by atoms with Crippen LogP contribution in [-0.2, 0) is 0 Å². The molecule has 0 amide bonds. The molecule has 2 aromatic carbocycles. The van der Waals surface area contributed by atoms with E-state index in [0.717, 1.165) is 82.3 Å². The quantitative estimate of drug-likeness (QED) is 0.116. The van der Waals surface area contributed by atoms with E-state index in [1.54, 1.807) is 0 Å². The molecule has 0 fully saturated rings. The van der Waals surface area contributed by atoms with E-state index in [1.165, 1.54) is 38.5 Å². The highest BCUT2D eigenvalue weighted by atomic mass is 16.5. The highest BCUT2D eigenvalue weighted by molar-refractivity contribution is 5.64. The third-order valence-corrected chi connectivity index (χ3v) is 7.33. The Labute approximate surface area is 264 Å². The molecule has 4 nitrogen and oxygen atoms in total. The van der Waals surface area contributed by atoms with Crippen molar-refractivity contribution in [2.24, 2.45) is 0 Å². The summed E-state index contributed by atoms with van der Waals surface area (Å²) in [6.45, 7) is 10.1. The van der Waals surface area contributed by atoms with Gasteiger partial charge in [0.2, 0.25) is 0 Å². The SMILES string of the molecule is CCCCCCOc1ccc(C#Cc2cnc(-c3ncc(C#Cc4ccc(OCCCCCC)cc4)cc3C)c(C)c2)cc1. The van der Waals surface area contributed by atoms with Gasteiger partial charge in [-0.3, -0.25) is 9.97 Å². The molecule has 4 aromatic rings. The summed E-state index contributed by atoms with van der Waals surface area (Å²) >= 11 is 0. The highest BCUT2D eigenvalue weighted by Crippen LogP contribution is 2.24. The van der Waals surface area contributed by atoms with Crippen LogP contribution in [0.25, 0.3) is 11.4 Å². The van der Waals surface area contributed by atoms with Crippen LogP contribution in [-0.4, -0.2) is 23.2 Å². The average molecular weight is 585 g/mol. The molecule has 0 unspecified atom stereocenters. The van der Waals surface area contributed by atoms with Crippen LogP contribution in [0.1, 0.15) is 98.6 Å². The van der Waals surface area contributed by atoms with Gasteiger partial charge in [0.25, 0.3) is 0 Å². The largest absolute Gasteiger partial charge is 0.494 e. The van der Waals surface area contributed by atoms with Crippen molar-refractivity contribution >= 4 is 0 Å². The summed E-state index contributed by atoms with van der Waals surface area (Å²) in [6, 6.07) is 20.1. The maximum Gasteiger partial charge on any atom is 0.119 e. The predicted molar refractivity (Wildman–Crippen MR) is 181 cm³/mol. The molecule has 2 aromatic heterocycles.